The summed E-state index contributed by atoms with van der Waals surface area (Å²) >= 11 is 1.68. The fourth-order valence-electron chi connectivity index (χ4n) is 1.66. The summed E-state index contributed by atoms with van der Waals surface area (Å²) in [6.07, 6.45) is 2.37. The molecule has 0 aliphatic heterocycles. The number of thiazole rings is 1. The Labute approximate surface area is 76.0 Å². The van der Waals surface area contributed by atoms with E-state index in [4.69, 9.17) is 5.84 Å². The highest BCUT2D eigenvalue weighted by molar-refractivity contribution is 7.15. The summed E-state index contributed by atoms with van der Waals surface area (Å²) in [4.78, 5) is 5.84. The standard InChI is InChI=1S/C8H13N3S/c1-8(2)4-3-5-6(8)10-7(11-9)12-5/h3-4,9H2,1-2H3,(H,10,11). The highest BCUT2D eigenvalue weighted by Gasteiger charge is 2.33. The molecule has 0 spiro atoms. The van der Waals surface area contributed by atoms with Crippen molar-refractivity contribution < 1.29 is 0 Å². The molecule has 3 N–H and O–H groups in total. The van der Waals surface area contributed by atoms with E-state index in [9.17, 15) is 0 Å². The van der Waals surface area contributed by atoms with Gasteiger partial charge in [-0.15, -0.1) is 11.3 Å². The first kappa shape index (κ1) is 8.01. The van der Waals surface area contributed by atoms with E-state index in [0.29, 0.717) is 0 Å². The Bertz CT molecular complexity index is 303. The van der Waals surface area contributed by atoms with Crippen molar-refractivity contribution in [3.05, 3.63) is 10.6 Å². The third kappa shape index (κ3) is 1.03. The minimum absolute atomic E-state index is 0.251. The van der Waals surface area contributed by atoms with Crippen molar-refractivity contribution in [1.29, 1.82) is 0 Å². The van der Waals surface area contributed by atoms with E-state index in [1.807, 2.05) is 0 Å². The number of nitrogens with zero attached hydrogens (tertiary/aromatic N) is 1. The molecule has 1 aliphatic rings. The van der Waals surface area contributed by atoms with Gasteiger partial charge in [0.15, 0.2) is 5.13 Å². The van der Waals surface area contributed by atoms with E-state index in [-0.39, 0.29) is 5.41 Å². The highest BCUT2D eigenvalue weighted by Crippen LogP contribution is 2.41. The third-order valence-corrected chi connectivity index (χ3v) is 3.49. The van der Waals surface area contributed by atoms with E-state index in [1.54, 1.807) is 11.3 Å². The lowest BCUT2D eigenvalue weighted by molar-refractivity contribution is 0.510. The van der Waals surface area contributed by atoms with Gasteiger partial charge in [0.25, 0.3) is 0 Å². The van der Waals surface area contributed by atoms with Crippen LogP contribution in [0.5, 0.6) is 0 Å². The molecule has 0 aromatic carbocycles. The minimum atomic E-state index is 0.251. The van der Waals surface area contributed by atoms with Crippen LogP contribution in [0.25, 0.3) is 0 Å². The van der Waals surface area contributed by atoms with Crippen molar-refractivity contribution in [2.45, 2.75) is 32.1 Å². The summed E-state index contributed by atoms with van der Waals surface area (Å²) in [6, 6.07) is 0. The molecule has 0 fully saturated rings. The Balaban J connectivity index is 2.44. The van der Waals surface area contributed by atoms with Crippen LogP contribution in [0.15, 0.2) is 0 Å². The van der Waals surface area contributed by atoms with Gasteiger partial charge in [-0.3, -0.25) is 5.43 Å². The van der Waals surface area contributed by atoms with Crippen molar-refractivity contribution in [2.75, 3.05) is 5.43 Å². The van der Waals surface area contributed by atoms with Crippen LogP contribution in [0.4, 0.5) is 5.13 Å². The number of hydrogen-bond donors (Lipinski definition) is 2. The molecule has 0 saturated heterocycles. The molecule has 0 atom stereocenters. The van der Waals surface area contributed by atoms with E-state index in [1.165, 1.54) is 17.0 Å². The second-order valence-electron chi connectivity index (χ2n) is 3.82. The molecule has 1 aromatic heterocycles. The molecule has 4 heteroatoms. The summed E-state index contributed by atoms with van der Waals surface area (Å²) < 4.78 is 0. The van der Waals surface area contributed by atoms with Gasteiger partial charge in [0, 0.05) is 10.3 Å². The van der Waals surface area contributed by atoms with Gasteiger partial charge in [0.1, 0.15) is 0 Å². The van der Waals surface area contributed by atoms with Crippen LogP contribution in [0.3, 0.4) is 0 Å². The maximum atomic E-state index is 5.30. The van der Waals surface area contributed by atoms with Gasteiger partial charge in [-0.2, -0.15) is 0 Å². The molecular weight excluding hydrogens is 170 g/mol. The summed E-state index contributed by atoms with van der Waals surface area (Å²) in [5, 5.41) is 0.841. The number of nitrogens with two attached hydrogens (primary N) is 1. The first-order valence-corrected chi connectivity index (χ1v) is 4.92. The third-order valence-electron chi connectivity index (χ3n) is 2.44. The highest BCUT2D eigenvalue weighted by atomic mass is 32.1. The number of rotatable bonds is 1. The van der Waals surface area contributed by atoms with Gasteiger partial charge < -0.3 is 0 Å². The lowest BCUT2D eigenvalue weighted by atomic mass is 9.91. The molecule has 3 nitrogen and oxygen atoms in total. The first-order chi connectivity index (χ1) is 5.63. The molecule has 1 aromatic rings. The van der Waals surface area contributed by atoms with Crippen molar-refractivity contribution in [2.24, 2.45) is 5.84 Å². The predicted molar refractivity (Wildman–Crippen MR) is 51.3 cm³/mol. The zero-order valence-corrected chi connectivity index (χ0v) is 8.16. The average molecular weight is 183 g/mol. The largest absolute Gasteiger partial charge is 0.300 e. The Morgan fingerprint density at radius 1 is 1.58 bits per heavy atom. The summed E-state index contributed by atoms with van der Waals surface area (Å²) in [5.74, 6) is 5.30. The van der Waals surface area contributed by atoms with Gasteiger partial charge in [-0.1, -0.05) is 13.8 Å². The Kier molecular flexibility index (Phi) is 1.63. The monoisotopic (exact) mass is 183 g/mol. The number of aromatic nitrogens is 1. The molecule has 1 aliphatic carbocycles. The number of anilines is 1. The van der Waals surface area contributed by atoms with Crippen LogP contribution in [-0.2, 0) is 11.8 Å². The van der Waals surface area contributed by atoms with Crippen LogP contribution < -0.4 is 11.3 Å². The number of nitrogens with one attached hydrogen (secondary N) is 1. The van der Waals surface area contributed by atoms with Gasteiger partial charge >= 0.3 is 0 Å². The van der Waals surface area contributed by atoms with E-state index >= 15 is 0 Å². The van der Waals surface area contributed by atoms with Crippen LogP contribution in [0, 0.1) is 0 Å². The fourth-order valence-corrected chi connectivity index (χ4v) is 2.71. The number of nitrogen functional groups attached to an aromatic ring is 1. The Hall–Kier alpha value is -0.610. The Morgan fingerprint density at radius 2 is 2.33 bits per heavy atom. The smallest absolute Gasteiger partial charge is 0.197 e. The van der Waals surface area contributed by atoms with Crippen molar-refractivity contribution in [3.8, 4) is 0 Å². The lowest BCUT2D eigenvalue weighted by Gasteiger charge is -2.15. The molecule has 66 valence electrons. The SMILES string of the molecule is CC1(C)CCc2sc(NN)nc21. The van der Waals surface area contributed by atoms with Crippen LogP contribution in [-0.4, -0.2) is 4.98 Å². The zero-order chi connectivity index (χ0) is 8.77. The molecule has 0 bridgehead atoms. The molecule has 0 radical (unpaired) electrons. The maximum Gasteiger partial charge on any atom is 0.197 e. The van der Waals surface area contributed by atoms with Crippen molar-refractivity contribution in [3.63, 3.8) is 0 Å². The van der Waals surface area contributed by atoms with E-state index < -0.39 is 0 Å². The van der Waals surface area contributed by atoms with Gasteiger partial charge in [-0.05, 0) is 12.8 Å². The van der Waals surface area contributed by atoms with E-state index in [2.05, 4.69) is 24.3 Å². The fraction of sp³-hybridized carbons (Fsp3) is 0.625. The quantitative estimate of drug-likeness (QED) is 0.514. The van der Waals surface area contributed by atoms with Gasteiger partial charge in [0.05, 0.1) is 5.69 Å². The lowest BCUT2D eigenvalue weighted by Crippen LogP contribution is -2.14. The molecule has 0 amide bonds. The Morgan fingerprint density at radius 3 is 2.92 bits per heavy atom. The predicted octanol–water partition coefficient (Wildman–Crippen LogP) is 1.65. The zero-order valence-electron chi connectivity index (χ0n) is 7.35. The second-order valence-corrected chi connectivity index (χ2v) is 4.90. The number of hydrazine groups is 1. The van der Waals surface area contributed by atoms with Crippen LogP contribution in [0.2, 0.25) is 0 Å². The van der Waals surface area contributed by atoms with Crippen LogP contribution >= 0.6 is 11.3 Å². The van der Waals surface area contributed by atoms with Crippen LogP contribution in [0.1, 0.15) is 30.8 Å². The number of fused-ring (bicyclic) bond motifs is 1. The normalized spacial score (nSPS) is 19.2. The molecule has 12 heavy (non-hydrogen) atoms. The minimum Gasteiger partial charge on any atom is -0.300 e. The van der Waals surface area contributed by atoms with E-state index in [0.717, 1.165) is 11.6 Å². The number of aryl methyl sites for hydroxylation is 1. The second kappa shape index (κ2) is 2.44. The summed E-state index contributed by atoms with van der Waals surface area (Å²) in [7, 11) is 0. The van der Waals surface area contributed by atoms with Gasteiger partial charge in [-0.25, -0.2) is 10.8 Å². The first-order valence-electron chi connectivity index (χ1n) is 4.10. The molecule has 1 heterocycles. The molecule has 2 rings (SSSR count). The van der Waals surface area contributed by atoms with Crippen molar-refractivity contribution >= 4 is 16.5 Å². The topological polar surface area (TPSA) is 50.9 Å². The summed E-state index contributed by atoms with van der Waals surface area (Å²) in [6.45, 7) is 4.47. The average Bonchev–Trinajstić information content (AvgIpc) is 2.53. The molecule has 0 saturated carbocycles. The van der Waals surface area contributed by atoms with Gasteiger partial charge in [0.2, 0.25) is 0 Å². The molecule has 0 unspecified atom stereocenters. The summed E-state index contributed by atoms with van der Waals surface area (Å²) in [5.41, 5.74) is 4.09. The molecular formula is C8H13N3S. The maximum absolute atomic E-state index is 5.30. The van der Waals surface area contributed by atoms with Crippen molar-refractivity contribution in [1.82, 2.24) is 4.98 Å². The number of hydrogen-bond acceptors (Lipinski definition) is 4.